The summed E-state index contributed by atoms with van der Waals surface area (Å²) >= 11 is 0. The second-order valence-corrected chi connectivity index (χ2v) is 4.58. The molecule has 1 rings (SSSR count). The summed E-state index contributed by atoms with van der Waals surface area (Å²) in [7, 11) is 1.57. The Morgan fingerprint density at radius 1 is 1.19 bits per heavy atom. The summed E-state index contributed by atoms with van der Waals surface area (Å²) in [6, 6.07) is 9.37. The number of ether oxygens (including phenoxy) is 1. The maximum absolute atomic E-state index is 12.1. The molecule has 0 heterocycles. The van der Waals surface area contributed by atoms with Crippen LogP contribution in [0.25, 0.3) is 0 Å². The zero-order valence-electron chi connectivity index (χ0n) is 12.3. The standard InChI is InChI=1S/C15H23N3O3/c1-21-10-9-17-14(19)7-8-18-15(20)13(11-16)12-5-3-2-4-6-12/h2-6,13H,7-11,16H2,1H3,(H,17,19)(H,18,20). The molecule has 0 saturated heterocycles. The lowest BCUT2D eigenvalue weighted by molar-refractivity contribution is -0.123. The molecule has 0 aliphatic heterocycles. The summed E-state index contributed by atoms with van der Waals surface area (Å²) in [5, 5.41) is 5.43. The maximum Gasteiger partial charge on any atom is 0.228 e. The molecule has 21 heavy (non-hydrogen) atoms. The van der Waals surface area contributed by atoms with E-state index in [9.17, 15) is 9.59 Å². The van der Waals surface area contributed by atoms with E-state index in [1.807, 2.05) is 30.3 Å². The van der Waals surface area contributed by atoms with Gasteiger partial charge in [-0.25, -0.2) is 0 Å². The van der Waals surface area contributed by atoms with Gasteiger partial charge in [-0.05, 0) is 5.56 Å². The minimum atomic E-state index is -0.386. The molecule has 1 aromatic rings. The van der Waals surface area contributed by atoms with Gasteiger partial charge < -0.3 is 21.1 Å². The summed E-state index contributed by atoms with van der Waals surface area (Å²) in [5.41, 5.74) is 6.54. The minimum Gasteiger partial charge on any atom is -0.383 e. The summed E-state index contributed by atoms with van der Waals surface area (Å²) in [6.07, 6.45) is 0.238. The second kappa shape index (κ2) is 9.90. The monoisotopic (exact) mass is 293 g/mol. The first-order valence-electron chi connectivity index (χ1n) is 6.97. The molecular weight excluding hydrogens is 270 g/mol. The Morgan fingerprint density at radius 3 is 2.52 bits per heavy atom. The Bertz CT molecular complexity index is 437. The summed E-state index contributed by atoms with van der Waals surface area (Å²) in [5.74, 6) is -0.660. The highest BCUT2D eigenvalue weighted by molar-refractivity contribution is 5.84. The molecule has 1 atom stereocenters. The quantitative estimate of drug-likeness (QED) is 0.559. The number of benzene rings is 1. The van der Waals surface area contributed by atoms with Crippen molar-refractivity contribution >= 4 is 11.8 Å². The van der Waals surface area contributed by atoms with Crippen LogP contribution in [0.4, 0.5) is 0 Å². The average molecular weight is 293 g/mol. The van der Waals surface area contributed by atoms with Crippen molar-refractivity contribution in [2.75, 3.05) is 33.4 Å². The van der Waals surface area contributed by atoms with Gasteiger partial charge in [0.15, 0.2) is 0 Å². The summed E-state index contributed by atoms with van der Waals surface area (Å²) in [6.45, 7) is 1.47. The maximum atomic E-state index is 12.1. The van der Waals surface area contributed by atoms with Crippen LogP contribution in [0.1, 0.15) is 17.9 Å². The van der Waals surface area contributed by atoms with Crippen LogP contribution in [-0.4, -0.2) is 45.2 Å². The van der Waals surface area contributed by atoms with Gasteiger partial charge in [0.25, 0.3) is 0 Å². The van der Waals surface area contributed by atoms with E-state index in [1.165, 1.54) is 0 Å². The fraction of sp³-hybridized carbons (Fsp3) is 0.467. The predicted octanol–water partition coefficient (Wildman–Crippen LogP) is -0.00220. The highest BCUT2D eigenvalue weighted by Gasteiger charge is 2.18. The van der Waals surface area contributed by atoms with E-state index in [1.54, 1.807) is 7.11 Å². The lowest BCUT2D eigenvalue weighted by Crippen LogP contribution is -2.36. The van der Waals surface area contributed by atoms with Crippen LogP contribution < -0.4 is 16.4 Å². The number of rotatable bonds is 9. The third-order valence-corrected chi connectivity index (χ3v) is 3.03. The van der Waals surface area contributed by atoms with E-state index in [2.05, 4.69) is 10.6 Å². The Balaban J connectivity index is 2.34. The number of nitrogens with one attached hydrogen (secondary N) is 2. The lowest BCUT2D eigenvalue weighted by Gasteiger charge is -2.15. The van der Waals surface area contributed by atoms with E-state index in [4.69, 9.17) is 10.5 Å². The fourth-order valence-corrected chi connectivity index (χ4v) is 1.88. The first-order chi connectivity index (χ1) is 10.2. The van der Waals surface area contributed by atoms with Crippen LogP contribution >= 0.6 is 0 Å². The highest BCUT2D eigenvalue weighted by Crippen LogP contribution is 2.13. The first kappa shape index (κ1) is 17.1. The number of carbonyl (C=O) groups excluding carboxylic acids is 2. The predicted molar refractivity (Wildman–Crippen MR) is 80.7 cm³/mol. The van der Waals surface area contributed by atoms with Crippen LogP contribution in [0.3, 0.4) is 0 Å². The van der Waals surface area contributed by atoms with Gasteiger partial charge in [0, 0.05) is 33.2 Å². The van der Waals surface area contributed by atoms with E-state index >= 15 is 0 Å². The van der Waals surface area contributed by atoms with Crippen molar-refractivity contribution in [3.63, 3.8) is 0 Å². The molecule has 0 radical (unpaired) electrons. The van der Waals surface area contributed by atoms with Crippen LogP contribution in [0.5, 0.6) is 0 Å². The van der Waals surface area contributed by atoms with Crippen LogP contribution in [0, 0.1) is 0 Å². The van der Waals surface area contributed by atoms with E-state index in [0.717, 1.165) is 5.56 Å². The van der Waals surface area contributed by atoms with Crippen LogP contribution in [0.2, 0.25) is 0 Å². The van der Waals surface area contributed by atoms with Gasteiger partial charge in [-0.15, -0.1) is 0 Å². The smallest absolute Gasteiger partial charge is 0.228 e. The van der Waals surface area contributed by atoms with Crippen molar-refractivity contribution in [1.82, 2.24) is 10.6 Å². The van der Waals surface area contributed by atoms with Crippen molar-refractivity contribution in [3.05, 3.63) is 35.9 Å². The normalized spacial score (nSPS) is 11.7. The molecule has 2 amide bonds. The second-order valence-electron chi connectivity index (χ2n) is 4.58. The summed E-state index contributed by atoms with van der Waals surface area (Å²) < 4.78 is 4.83. The molecule has 1 aromatic carbocycles. The van der Waals surface area contributed by atoms with E-state index in [-0.39, 0.29) is 30.7 Å². The summed E-state index contributed by atoms with van der Waals surface area (Å²) in [4.78, 5) is 23.5. The zero-order chi connectivity index (χ0) is 15.5. The Kier molecular flexibility index (Phi) is 8.08. The van der Waals surface area contributed by atoms with Gasteiger partial charge in [-0.1, -0.05) is 30.3 Å². The number of amides is 2. The number of methoxy groups -OCH3 is 1. The van der Waals surface area contributed by atoms with Gasteiger partial charge in [-0.2, -0.15) is 0 Å². The third-order valence-electron chi connectivity index (χ3n) is 3.03. The van der Waals surface area contributed by atoms with E-state index in [0.29, 0.717) is 19.7 Å². The first-order valence-corrected chi connectivity index (χ1v) is 6.97. The SMILES string of the molecule is COCCNC(=O)CCNC(=O)C(CN)c1ccccc1. The zero-order valence-corrected chi connectivity index (χ0v) is 12.3. The highest BCUT2D eigenvalue weighted by atomic mass is 16.5. The molecule has 6 nitrogen and oxygen atoms in total. The molecule has 6 heteroatoms. The molecule has 0 aromatic heterocycles. The molecule has 0 aliphatic carbocycles. The number of nitrogens with two attached hydrogens (primary N) is 1. The average Bonchev–Trinajstić information content (AvgIpc) is 2.49. The van der Waals surface area contributed by atoms with Gasteiger partial charge in [0.05, 0.1) is 12.5 Å². The van der Waals surface area contributed by atoms with Crippen LogP contribution in [0.15, 0.2) is 30.3 Å². The number of hydrogen-bond acceptors (Lipinski definition) is 4. The van der Waals surface area contributed by atoms with Crippen molar-refractivity contribution in [1.29, 1.82) is 0 Å². The van der Waals surface area contributed by atoms with Crippen LogP contribution in [-0.2, 0) is 14.3 Å². The Labute approximate surface area is 125 Å². The van der Waals surface area contributed by atoms with Crippen molar-refractivity contribution in [2.45, 2.75) is 12.3 Å². The number of hydrogen-bond donors (Lipinski definition) is 3. The molecule has 0 aliphatic rings. The Morgan fingerprint density at radius 2 is 1.90 bits per heavy atom. The molecule has 0 spiro atoms. The third kappa shape index (κ3) is 6.37. The molecular formula is C15H23N3O3. The fourth-order valence-electron chi connectivity index (χ4n) is 1.88. The Hall–Kier alpha value is -1.92. The topological polar surface area (TPSA) is 93.5 Å². The largest absolute Gasteiger partial charge is 0.383 e. The van der Waals surface area contributed by atoms with Crippen molar-refractivity contribution < 1.29 is 14.3 Å². The molecule has 0 fully saturated rings. The van der Waals surface area contributed by atoms with E-state index < -0.39 is 0 Å². The molecule has 4 N–H and O–H groups in total. The van der Waals surface area contributed by atoms with Gasteiger partial charge in [0.1, 0.15) is 0 Å². The molecule has 1 unspecified atom stereocenters. The molecule has 0 bridgehead atoms. The van der Waals surface area contributed by atoms with Gasteiger partial charge in [-0.3, -0.25) is 9.59 Å². The molecule has 116 valence electrons. The minimum absolute atomic E-state index is 0.114. The lowest BCUT2D eigenvalue weighted by atomic mass is 9.98. The number of carbonyl (C=O) groups is 2. The van der Waals surface area contributed by atoms with Crippen molar-refractivity contribution in [2.24, 2.45) is 5.73 Å². The van der Waals surface area contributed by atoms with Gasteiger partial charge in [0.2, 0.25) is 11.8 Å². The molecule has 0 saturated carbocycles. The van der Waals surface area contributed by atoms with Gasteiger partial charge >= 0.3 is 0 Å². The van der Waals surface area contributed by atoms with Crippen molar-refractivity contribution in [3.8, 4) is 0 Å².